The Bertz CT molecular complexity index is 3090. The number of benzene rings is 3. The van der Waals surface area contributed by atoms with E-state index in [1.54, 1.807) is 28.7 Å². The second-order valence-electron chi connectivity index (χ2n) is 23.0. The lowest BCUT2D eigenvalue weighted by atomic mass is 9.85. The fourth-order valence-corrected chi connectivity index (χ4v) is 11.4. The third-order valence-corrected chi connectivity index (χ3v) is 16.7. The Hall–Kier alpha value is -6.72. The summed E-state index contributed by atoms with van der Waals surface area (Å²) in [5.74, 6) is -2.05. The Kier molecular flexibility index (Phi) is 24.5. The number of nitrogens with zero attached hydrogens (tertiary/aromatic N) is 6. The molecule has 4 N–H and O–H groups in total. The first-order valence-corrected chi connectivity index (χ1v) is 30.7. The van der Waals surface area contributed by atoms with Crippen molar-refractivity contribution in [2.24, 2.45) is 10.4 Å². The van der Waals surface area contributed by atoms with Crippen molar-refractivity contribution in [3.05, 3.63) is 125 Å². The minimum Gasteiger partial charge on any atom is -0.379 e. The summed E-state index contributed by atoms with van der Waals surface area (Å²) in [6.07, 6.45) is 8.29. The molecule has 0 saturated carbocycles. The molecule has 5 aromatic rings. The van der Waals surface area contributed by atoms with Crippen LogP contribution in [0.25, 0.3) is 21.6 Å². The normalized spacial score (nSPS) is 16.7. The van der Waals surface area contributed by atoms with E-state index in [-0.39, 0.29) is 68.0 Å². The van der Waals surface area contributed by atoms with E-state index >= 15 is 8.78 Å². The van der Waals surface area contributed by atoms with E-state index in [4.69, 9.17) is 33.8 Å². The Morgan fingerprint density at radius 1 is 0.849 bits per heavy atom. The maximum atomic E-state index is 15.6. The minimum atomic E-state index is -0.817. The molecule has 3 saturated heterocycles. The van der Waals surface area contributed by atoms with Crippen molar-refractivity contribution in [2.45, 2.75) is 97.9 Å². The van der Waals surface area contributed by atoms with Gasteiger partial charge < -0.3 is 48.9 Å². The number of aromatic nitrogens is 3. The van der Waals surface area contributed by atoms with Crippen molar-refractivity contribution >= 4 is 46.6 Å². The zero-order valence-corrected chi connectivity index (χ0v) is 51.2. The van der Waals surface area contributed by atoms with Crippen molar-refractivity contribution in [2.75, 3.05) is 112 Å². The van der Waals surface area contributed by atoms with Crippen LogP contribution in [-0.2, 0) is 56.0 Å². The Morgan fingerprint density at radius 2 is 1.52 bits per heavy atom. The van der Waals surface area contributed by atoms with Gasteiger partial charge in [0, 0.05) is 93.4 Å². The first kappa shape index (κ1) is 65.3. The molecule has 2 unspecified atom stereocenters. The summed E-state index contributed by atoms with van der Waals surface area (Å²) in [6.45, 7) is 21.4. The molecule has 5 heterocycles. The highest BCUT2D eigenvalue weighted by atomic mass is 32.1. The van der Waals surface area contributed by atoms with E-state index in [0.717, 1.165) is 53.9 Å². The van der Waals surface area contributed by atoms with Gasteiger partial charge in [-0.05, 0) is 79.3 Å². The van der Waals surface area contributed by atoms with Crippen LogP contribution in [0.4, 0.5) is 14.5 Å². The smallest absolute Gasteiger partial charge is 0.246 e. The number of carbonyl (C=O) groups is 4. The lowest BCUT2D eigenvalue weighted by Gasteiger charge is -2.35. The lowest BCUT2D eigenvalue weighted by Crippen LogP contribution is -2.57. The molecule has 3 fully saturated rings. The molecule has 3 aliphatic heterocycles. The predicted octanol–water partition coefficient (Wildman–Crippen LogP) is 7.84. The third kappa shape index (κ3) is 18.6. The second-order valence-corrected chi connectivity index (χ2v) is 23.8. The van der Waals surface area contributed by atoms with Gasteiger partial charge in [-0.1, -0.05) is 81.3 Å². The number of morpholine rings is 1. The van der Waals surface area contributed by atoms with Gasteiger partial charge in [0.25, 0.3) is 0 Å². The summed E-state index contributed by atoms with van der Waals surface area (Å²) < 4.78 is 64.1. The number of ether oxygens (including phenoxy) is 5. The molecule has 3 aliphatic rings. The van der Waals surface area contributed by atoms with Crippen molar-refractivity contribution in [1.82, 2.24) is 44.8 Å². The number of aromatic amines is 1. The largest absolute Gasteiger partial charge is 0.379 e. The molecule has 22 heteroatoms. The van der Waals surface area contributed by atoms with E-state index in [2.05, 4.69) is 37.5 Å². The van der Waals surface area contributed by atoms with Crippen LogP contribution in [0.15, 0.2) is 90.4 Å². The Morgan fingerprint density at radius 3 is 2.16 bits per heavy atom. The summed E-state index contributed by atoms with van der Waals surface area (Å²) in [4.78, 5) is 65.1. The van der Waals surface area contributed by atoms with E-state index < -0.39 is 29.1 Å². The van der Waals surface area contributed by atoms with Gasteiger partial charge in [-0.15, -0.1) is 5.73 Å². The SMILES string of the molecule is C=C=CC(=Nc1c(C)cccc1-c1cc(F)c(CN2CCOCC2)c(F)c1)c1cnn(C2CCN(CC(=O)NCCOCCOCCOCCOCCC(=O)NC(C(=O)N3CCCC3C(=O)NCc3ccc(-c4s[nH]c4C)cc3)C(C)(C)C)CC2)c1. The lowest BCUT2D eigenvalue weighted by molar-refractivity contribution is -0.144. The molecule has 2 aromatic heterocycles. The van der Waals surface area contributed by atoms with Crippen molar-refractivity contribution in [3.63, 3.8) is 0 Å². The Balaban J connectivity index is 0.647. The molecular weight excluding hydrogens is 1120 g/mol. The van der Waals surface area contributed by atoms with Gasteiger partial charge in [0.05, 0.1) is 101 Å². The number of likely N-dealkylation sites (tertiary alicyclic amines) is 2. The monoisotopic (exact) mass is 1210 g/mol. The standard InChI is InChI=1S/C64H84F2N10O9S/c1-7-10-55(70-59-44(2)11-8-12-51(59)48-37-53(65)52(54(66)38-48)42-74-25-29-83-30-26-74)49-40-69-76(41-49)50-18-23-73(24-19-50)43-58(78)67-21-28-82-32-34-85-36-35-84-33-31-81-27-20-57(77)71-61(64(4,5)6)63(80)75-22-9-13-56(75)62(79)68-39-46-14-16-47(17-15-46)60-45(3)72-86-60/h8,10-12,14-17,37-38,40-41,50,56,61,72H,1,9,13,18-36,39,42-43H2,2-6H3,(H,67,78)(H,68,79)(H,71,77). The first-order valence-electron chi connectivity index (χ1n) is 29.8. The average Bonchev–Trinajstić information content (AvgIpc) is 2.73. The molecule has 2 atom stereocenters. The number of H-pyrrole nitrogens is 1. The summed E-state index contributed by atoms with van der Waals surface area (Å²) in [6, 6.07) is 15.1. The first-order chi connectivity index (χ1) is 41.6. The highest BCUT2D eigenvalue weighted by Gasteiger charge is 2.42. The predicted molar refractivity (Wildman–Crippen MR) is 327 cm³/mol. The number of hydrogen-bond donors (Lipinski definition) is 4. The topological polar surface area (TPSA) is 206 Å². The molecule has 86 heavy (non-hydrogen) atoms. The van der Waals surface area contributed by atoms with Crippen LogP contribution in [0, 0.1) is 30.9 Å². The number of para-hydroxylation sites is 1. The summed E-state index contributed by atoms with van der Waals surface area (Å²) in [7, 11) is 0. The van der Waals surface area contributed by atoms with E-state index in [1.165, 1.54) is 17.0 Å². The number of amides is 4. The number of allylic oxidation sites excluding steroid dienone is 1. The summed E-state index contributed by atoms with van der Waals surface area (Å²) in [5.41, 5.74) is 9.24. The van der Waals surface area contributed by atoms with Crippen LogP contribution in [0.3, 0.4) is 0 Å². The van der Waals surface area contributed by atoms with Gasteiger partial charge in [-0.3, -0.25) is 33.7 Å². The molecular formula is C64H84F2N10O9S. The highest BCUT2D eigenvalue weighted by Crippen LogP contribution is 2.36. The number of hydrogen-bond acceptors (Lipinski definition) is 14. The number of nitrogens with one attached hydrogen (secondary N) is 4. The highest BCUT2D eigenvalue weighted by molar-refractivity contribution is 7.11. The fourth-order valence-electron chi connectivity index (χ4n) is 10.7. The maximum Gasteiger partial charge on any atom is 0.246 e. The number of halogens is 2. The number of piperidine rings is 1. The summed E-state index contributed by atoms with van der Waals surface area (Å²) in [5, 5.41) is 13.6. The number of carbonyl (C=O) groups excluding carboxylic acids is 4. The molecule has 8 rings (SSSR count). The number of aryl methyl sites for hydroxylation is 2. The molecule has 19 nitrogen and oxygen atoms in total. The van der Waals surface area contributed by atoms with Gasteiger partial charge in [-0.25, -0.2) is 13.8 Å². The van der Waals surface area contributed by atoms with Crippen molar-refractivity contribution < 1.29 is 51.6 Å². The van der Waals surface area contributed by atoms with Gasteiger partial charge in [0.1, 0.15) is 23.7 Å². The molecule has 464 valence electrons. The van der Waals surface area contributed by atoms with Gasteiger partial charge >= 0.3 is 0 Å². The van der Waals surface area contributed by atoms with Gasteiger partial charge in [0.15, 0.2) is 0 Å². The van der Waals surface area contributed by atoms with Crippen molar-refractivity contribution in [3.8, 4) is 21.6 Å². The molecule has 0 spiro atoms. The Labute approximate surface area is 507 Å². The molecule has 3 aromatic carbocycles. The van der Waals surface area contributed by atoms with Crippen LogP contribution < -0.4 is 16.0 Å². The number of aliphatic imine (C=N–C) groups is 1. The van der Waals surface area contributed by atoms with Crippen LogP contribution in [0.1, 0.15) is 86.9 Å². The molecule has 0 bridgehead atoms. The van der Waals surface area contributed by atoms with Crippen LogP contribution in [-0.4, -0.2) is 182 Å². The second kappa shape index (κ2) is 32.3. The van der Waals surface area contributed by atoms with Crippen LogP contribution >= 0.6 is 11.5 Å². The quantitative estimate of drug-likeness (QED) is 0.0197. The molecule has 0 radical (unpaired) electrons. The van der Waals surface area contributed by atoms with E-state index in [9.17, 15) is 19.2 Å². The third-order valence-electron chi connectivity index (χ3n) is 15.6. The maximum absolute atomic E-state index is 15.6. The van der Waals surface area contributed by atoms with Crippen LogP contribution in [0.5, 0.6) is 0 Å². The molecule has 4 amide bonds. The zero-order valence-electron chi connectivity index (χ0n) is 50.4. The summed E-state index contributed by atoms with van der Waals surface area (Å²) >= 11 is 1.60. The van der Waals surface area contributed by atoms with Gasteiger partial charge in [-0.2, -0.15) is 5.10 Å². The fraction of sp³-hybridized carbons (Fsp3) is 0.516. The minimum absolute atomic E-state index is 0.0384. The van der Waals surface area contributed by atoms with E-state index in [0.29, 0.717) is 121 Å². The average molecular weight is 1210 g/mol. The zero-order chi connectivity index (χ0) is 61.0. The van der Waals surface area contributed by atoms with Gasteiger partial charge in [0.2, 0.25) is 23.6 Å². The van der Waals surface area contributed by atoms with E-state index in [1.807, 2.05) is 92.9 Å². The number of rotatable bonds is 30. The van der Waals surface area contributed by atoms with Crippen LogP contribution in [0.2, 0.25) is 0 Å². The molecule has 0 aliphatic carbocycles. The van der Waals surface area contributed by atoms with Crippen molar-refractivity contribution in [1.29, 1.82) is 0 Å².